The fraction of sp³-hybridized carbons (Fsp3) is 0.312. The third-order valence-electron chi connectivity index (χ3n) is 3.12. The SMILES string of the molecule is CCCc1ccc(CCc2cnc(Cl)c(Cl)c2)cc1. The number of nitrogens with zero attached hydrogens (tertiary/aromatic N) is 1. The van der Waals surface area contributed by atoms with Gasteiger partial charge in [0.15, 0.2) is 0 Å². The van der Waals surface area contributed by atoms with Crippen molar-refractivity contribution in [1.82, 2.24) is 4.98 Å². The van der Waals surface area contributed by atoms with E-state index in [0.29, 0.717) is 10.2 Å². The van der Waals surface area contributed by atoms with Crippen molar-refractivity contribution in [3.8, 4) is 0 Å². The monoisotopic (exact) mass is 293 g/mol. The van der Waals surface area contributed by atoms with Crippen molar-refractivity contribution in [1.29, 1.82) is 0 Å². The van der Waals surface area contributed by atoms with E-state index in [0.717, 1.165) is 24.8 Å². The summed E-state index contributed by atoms with van der Waals surface area (Å²) in [5.41, 5.74) is 3.86. The number of benzene rings is 1. The Morgan fingerprint density at radius 1 is 0.895 bits per heavy atom. The third kappa shape index (κ3) is 4.22. The lowest BCUT2D eigenvalue weighted by atomic mass is 10.0. The molecule has 0 unspecified atom stereocenters. The van der Waals surface area contributed by atoms with Gasteiger partial charge in [0.05, 0.1) is 5.02 Å². The van der Waals surface area contributed by atoms with Crippen molar-refractivity contribution in [2.24, 2.45) is 0 Å². The average Bonchev–Trinajstić information content (AvgIpc) is 2.42. The van der Waals surface area contributed by atoms with Gasteiger partial charge in [-0.3, -0.25) is 0 Å². The molecule has 0 aliphatic rings. The highest BCUT2D eigenvalue weighted by Crippen LogP contribution is 2.20. The minimum Gasteiger partial charge on any atom is -0.243 e. The standard InChI is InChI=1S/C16H17Cl2N/c1-2-3-12-4-6-13(7-5-12)8-9-14-10-15(17)16(18)19-11-14/h4-7,10-11H,2-3,8-9H2,1H3. The van der Waals surface area contributed by atoms with Crippen molar-refractivity contribution in [2.75, 3.05) is 0 Å². The number of halogens is 2. The van der Waals surface area contributed by atoms with Crippen molar-refractivity contribution >= 4 is 23.2 Å². The van der Waals surface area contributed by atoms with E-state index in [1.807, 2.05) is 6.07 Å². The summed E-state index contributed by atoms with van der Waals surface area (Å²) in [7, 11) is 0. The topological polar surface area (TPSA) is 12.9 Å². The molecule has 2 aromatic rings. The second-order valence-corrected chi connectivity index (χ2v) is 5.45. The van der Waals surface area contributed by atoms with Crippen molar-refractivity contribution in [3.63, 3.8) is 0 Å². The first kappa shape index (κ1) is 14.4. The Balaban J connectivity index is 1.96. The van der Waals surface area contributed by atoms with Crippen LogP contribution in [0.15, 0.2) is 36.5 Å². The molecule has 0 saturated carbocycles. The summed E-state index contributed by atoms with van der Waals surface area (Å²) >= 11 is 11.8. The van der Waals surface area contributed by atoms with Crippen LogP contribution in [-0.2, 0) is 19.3 Å². The van der Waals surface area contributed by atoms with Crippen LogP contribution < -0.4 is 0 Å². The maximum atomic E-state index is 5.96. The average molecular weight is 294 g/mol. The molecule has 0 radical (unpaired) electrons. The largest absolute Gasteiger partial charge is 0.243 e. The summed E-state index contributed by atoms with van der Waals surface area (Å²) in [6.45, 7) is 2.20. The molecule has 1 aromatic carbocycles. The van der Waals surface area contributed by atoms with E-state index in [1.165, 1.54) is 17.5 Å². The molecule has 1 nitrogen and oxygen atoms in total. The Kier molecular flexibility index (Phi) is 5.24. The van der Waals surface area contributed by atoms with Gasteiger partial charge in [0, 0.05) is 6.20 Å². The van der Waals surface area contributed by atoms with E-state index in [2.05, 4.69) is 36.2 Å². The maximum Gasteiger partial charge on any atom is 0.147 e. The van der Waals surface area contributed by atoms with Gasteiger partial charge in [0.1, 0.15) is 5.15 Å². The Bertz CT molecular complexity index is 535. The van der Waals surface area contributed by atoms with E-state index in [1.54, 1.807) is 6.20 Å². The van der Waals surface area contributed by atoms with Gasteiger partial charge in [-0.2, -0.15) is 0 Å². The minimum absolute atomic E-state index is 0.370. The Labute approximate surface area is 124 Å². The molecule has 100 valence electrons. The van der Waals surface area contributed by atoms with Crippen LogP contribution in [0.1, 0.15) is 30.0 Å². The summed E-state index contributed by atoms with van der Waals surface area (Å²) in [6, 6.07) is 10.7. The molecule has 0 amide bonds. The van der Waals surface area contributed by atoms with E-state index >= 15 is 0 Å². The summed E-state index contributed by atoms with van der Waals surface area (Å²) in [4.78, 5) is 4.06. The molecule has 1 heterocycles. The molecular weight excluding hydrogens is 277 g/mol. The molecule has 2 rings (SSSR count). The fourth-order valence-corrected chi connectivity index (χ4v) is 2.34. The van der Waals surface area contributed by atoms with E-state index < -0.39 is 0 Å². The molecule has 0 aliphatic heterocycles. The predicted octanol–water partition coefficient (Wildman–Crippen LogP) is 5.13. The van der Waals surface area contributed by atoms with E-state index in [4.69, 9.17) is 23.2 Å². The predicted molar refractivity (Wildman–Crippen MR) is 82.1 cm³/mol. The fourth-order valence-electron chi connectivity index (χ4n) is 2.05. The van der Waals surface area contributed by atoms with Gasteiger partial charge in [-0.1, -0.05) is 60.8 Å². The summed E-state index contributed by atoms with van der Waals surface area (Å²) in [5.74, 6) is 0. The van der Waals surface area contributed by atoms with Crippen LogP contribution >= 0.6 is 23.2 Å². The van der Waals surface area contributed by atoms with Gasteiger partial charge in [0.25, 0.3) is 0 Å². The van der Waals surface area contributed by atoms with Crippen LogP contribution in [0, 0.1) is 0 Å². The normalized spacial score (nSPS) is 10.7. The first-order chi connectivity index (χ1) is 9.19. The van der Waals surface area contributed by atoms with E-state index in [-0.39, 0.29) is 0 Å². The maximum absolute atomic E-state index is 5.96. The Hall–Kier alpha value is -1.05. The Morgan fingerprint density at radius 3 is 2.05 bits per heavy atom. The lowest BCUT2D eigenvalue weighted by Gasteiger charge is -2.05. The summed E-state index contributed by atoms with van der Waals surface area (Å²) in [5, 5.41) is 0.895. The molecule has 3 heteroatoms. The van der Waals surface area contributed by atoms with E-state index in [9.17, 15) is 0 Å². The van der Waals surface area contributed by atoms with Crippen LogP contribution in [-0.4, -0.2) is 4.98 Å². The molecule has 0 fully saturated rings. The second-order valence-electron chi connectivity index (χ2n) is 4.68. The van der Waals surface area contributed by atoms with Gasteiger partial charge in [0.2, 0.25) is 0 Å². The second kappa shape index (κ2) is 6.93. The minimum atomic E-state index is 0.370. The van der Waals surface area contributed by atoms with Gasteiger partial charge in [-0.15, -0.1) is 0 Å². The van der Waals surface area contributed by atoms with Crippen LogP contribution in [0.5, 0.6) is 0 Å². The van der Waals surface area contributed by atoms with Crippen LogP contribution in [0.2, 0.25) is 10.2 Å². The van der Waals surface area contributed by atoms with Gasteiger partial charge < -0.3 is 0 Å². The molecular formula is C16H17Cl2N. The van der Waals surface area contributed by atoms with Crippen molar-refractivity contribution in [2.45, 2.75) is 32.6 Å². The highest BCUT2D eigenvalue weighted by molar-refractivity contribution is 6.41. The quantitative estimate of drug-likeness (QED) is 0.697. The Morgan fingerprint density at radius 2 is 1.47 bits per heavy atom. The first-order valence-electron chi connectivity index (χ1n) is 6.56. The lowest BCUT2D eigenvalue weighted by Crippen LogP contribution is -1.93. The number of pyridine rings is 1. The number of aryl methyl sites for hydroxylation is 3. The molecule has 0 bridgehead atoms. The molecule has 0 saturated heterocycles. The third-order valence-corrected chi connectivity index (χ3v) is 3.80. The van der Waals surface area contributed by atoms with Gasteiger partial charge in [-0.25, -0.2) is 4.98 Å². The molecule has 0 N–H and O–H groups in total. The number of hydrogen-bond donors (Lipinski definition) is 0. The molecule has 0 spiro atoms. The number of aromatic nitrogens is 1. The van der Waals surface area contributed by atoms with Crippen LogP contribution in [0.4, 0.5) is 0 Å². The van der Waals surface area contributed by atoms with Crippen LogP contribution in [0.25, 0.3) is 0 Å². The zero-order chi connectivity index (χ0) is 13.7. The molecule has 19 heavy (non-hydrogen) atoms. The van der Waals surface area contributed by atoms with Crippen molar-refractivity contribution in [3.05, 3.63) is 63.4 Å². The van der Waals surface area contributed by atoms with Crippen LogP contribution in [0.3, 0.4) is 0 Å². The zero-order valence-corrected chi connectivity index (χ0v) is 12.5. The number of hydrogen-bond acceptors (Lipinski definition) is 1. The zero-order valence-electron chi connectivity index (χ0n) is 11.0. The van der Waals surface area contributed by atoms with Gasteiger partial charge >= 0.3 is 0 Å². The highest BCUT2D eigenvalue weighted by atomic mass is 35.5. The van der Waals surface area contributed by atoms with Crippen molar-refractivity contribution < 1.29 is 0 Å². The highest BCUT2D eigenvalue weighted by Gasteiger charge is 2.02. The first-order valence-corrected chi connectivity index (χ1v) is 7.32. The summed E-state index contributed by atoms with van der Waals surface area (Å²) in [6.07, 6.45) is 6.05. The lowest BCUT2D eigenvalue weighted by molar-refractivity contribution is 0.913. The molecule has 1 aromatic heterocycles. The smallest absolute Gasteiger partial charge is 0.147 e. The van der Waals surface area contributed by atoms with Gasteiger partial charge in [-0.05, 0) is 42.0 Å². The summed E-state index contributed by atoms with van der Waals surface area (Å²) < 4.78 is 0. The molecule has 0 aliphatic carbocycles. The number of rotatable bonds is 5. The molecule has 0 atom stereocenters.